The van der Waals surface area contributed by atoms with Gasteiger partial charge >= 0.3 is 6.03 Å². The first kappa shape index (κ1) is 11.2. The molecule has 0 spiro atoms. The van der Waals surface area contributed by atoms with Gasteiger partial charge in [0.1, 0.15) is 0 Å². The van der Waals surface area contributed by atoms with Gasteiger partial charge < -0.3 is 10.6 Å². The Kier molecular flexibility index (Phi) is 4.60. The van der Waals surface area contributed by atoms with E-state index in [1.165, 1.54) is 7.05 Å². The van der Waals surface area contributed by atoms with Crippen molar-refractivity contribution in [3.8, 4) is 0 Å². The summed E-state index contributed by atoms with van der Waals surface area (Å²) in [5.41, 5.74) is 0. The molecule has 7 heteroatoms. The van der Waals surface area contributed by atoms with Gasteiger partial charge in [-0.05, 0) is 6.42 Å². The molecule has 0 bridgehead atoms. The van der Waals surface area contributed by atoms with Crippen molar-refractivity contribution in [2.75, 3.05) is 19.3 Å². The van der Waals surface area contributed by atoms with Crippen LogP contribution in [0.25, 0.3) is 0 Å². The molecule has 72 valence electrons. The maximum Gasteiger partial charge on any atom is 0.314 e. The van der Waals surface area contributed by atoms with E-state index in [1.54, 1.807) is 0 Å². The monoisotopic (exact) mass is 196 g/mol. The number of hydrogen-bond acceptors (Lipinski definition) is 3. The second-order valence-electron chi connectivity index (χ2n) is 2.15. The van der Waals surface area contributed by atoms with Gasteiger partial charge in [0.2, 0.25) is 0 Å². The summed E-state index contributed by atoms with van der Waals surface area (Å²) in [6.45, 7) is 0.222. The zero-order valence-electron chi connectivity index (χ0n) is 6.70. The number of rotatable bonds is 4. The van der Waals surface area contributed by atoms with Gasteiger partial charge in [0.25, 0.3) is 10.1 Å². The van der Waals surface area contributed by atoms with Crippen molar-refractivity contribution < 1.29 is 17.8 Å². The highest BCUT2D eigenvalue weighted by molar-refractivity contribution is 7.85. The van der Waals surface area contributed by atoms with Crippen molar-refractivity contribution in [1.82, 2.24) is 10.6 Å². The fraction of sp³-hybridized carbons (Fsp3) is 0.800. The average Bonchev–Trinajstić information content (AvgIpc) is 1.96. The molecule has 3 N–H and O–H groups in total. The number of urea groups is 1. The second-order valence-corrected chi connectivity index (χ2v) is 3.72. The molecule has 0 aliphatic heterocycles. The van der Waals surface area contributed by atoms with E-state index in [9.17, 15) is 13.2 Å². The minimum Gasteiger partial charge on any atom is -0.341 e. The van der Waals surface area contributed by atoms with Crippen LogP contribution < -0.4 is 10.6 Å². The van der Waals surface area contributed by atoms with Gasteiger partial charge in [0.05, 0.1) is 5.75 Å². The van der Waals surface area contributed by atoms with Gasteiger partial charge in [0.15, 0.2) is 0 Å². The van der Waals surface area contributed by atoms with Gasteiger partial charge in [-0.2, -0.15) is 8.42 Å². The fourth-order valence-electron chi connectivity index (χ4n) is 0.545. The summed E-state index contributed by atoms with van der Waals surface area (Å²) in [5, 5.41) is 4.68. The SMILES string of the molecule is CNC(=O)NCCCS(=O)(=O)O. The molecule has 0 atom stereocenters. The molecule has 0 saturated carbocycles. The van der Waals surface area contributed by atoms with Crippen LogP contribution in [-0.2, 0) is 10.1 Å². The summed E-state index contributed by atoms with van der Waals surface area (Å²) < 4.78 is 28.6. The van der Waals surface area contributed by atoms with Crippen LogP contribution in [0.4, 0.5) is 4.79 Å². The number of carbonyl (C=O) groups is 1. The highest BCUT2D eigenvalue weighted by Crippen LogP contribution is 1.85. The molecule has 0 saturated heterocycles. The molecule has 0 aromatic carbocycles. The van der Waals surface area contributed by atoms with Crippen LogP contribution in [0, 0.1) is 0 Å². The zero-order chi connectivity index (χ0) is 9.61. The topological polar surface area (TPSA) is 95.5 Å². The minimum absolute atomic E-state index is 0.201. The van der Waals surface area contributed by atoms with Gasteiger partial charge in [-0.25, -0.2) is 4.79 Å². The van der Waals surface area contributed by atoms with Crippen molar-refractivity contribution >= 4 is 16.1 Å². The smallest absolute Gasteiger partial charge is 0.314 e. The fourth-order valence-corrected chi connectivity index (χ4v) is 1.05. The normalized spacial score (nSPS) is 10.8. The summed E-state index contributed by atoms with van der Waals surface area (Å²) in [5.74, 6) is -0.336. The van der Waals surface area contributed by atoms with E-state index in [-0.39, 0.29) is 24.7 Å². The first-order valence-corrected chi connectivity index (χ1v) is 4.97. The van der Waals surface area contributed by atoms with Crippen LogP contribution in [0.1, 0.15) is 6.42 Å². The molecule has 0 unspecified atom stereocenters. The molecule has 0 aromatic heterocycles. The third-order valence-electron chi connectivity index (χ3n) is 1.09. The van der Waals surface area contributed by atoms with Gasteiger partial charge in [-0.3, -0.25) is 4.55 Å². The summed E-state index contributed by atoms with van der Waals surface area (Å²) in [6, 6.07) is -0.370. The van der Waals surface area contributed by atoms with Crippen molar-refractivity contribution in [2.45, 2.75) is 6.42 Å². The predicted molar refractivity (Wildman–Crippen MR) is 43.5 cm³/mol. The van der Waals surface area contributed by atoms with Crippen LogP contribution in [0.5, 0.6) is 0 Å². The van der Waals surface area contributed by atoms with Crippen LogP contribution in [0.3, 0.4) is 0 Å². The molecule has 0 aromatic rings. The highest BCUT2D eigenvalue weighted by Gasteiger charge is 2.03. The van der Waals surface area contributed by atoms with E-state index >= 15 is 0 Å². The van der Waals surface area contributed by atoms with E-state index in [0.29, 0.717) is 0 Å². The minimum atomic E-state index is -3.90. The molecule has 12 heavy (non-hydrogen) atoms. The number of hydrogen-bond donors (Lipinski definition) is 3. The molecule has 2 amide bonds. The number of carbonyl (C=O) groups excluding carboxylic acids is 1. The van der Waals surface area contributed by atoms with Gasteiger partial charge in [-0.15, -0.1) is 0 Å². The van der Waals surface area contributed by atoms with Crippen LogP contribution >= 0.6 is 0 Å². The Hall–Kier alpha value is -0.820. The predicted octanol–water partition coefficient (Wildman–Crippen LogP) is -0.807. The average molecular weight is 196 g/mol. The number of amides is 2. The van der Waals surface area contributed by atoms with Crippen molar-refractivity contribution in [3.05, 3.63) is 0 Å². The van der Waals surface area contributed by atoms with Crippen molar-refractivity contribution in [3.63, 3.8) is 0 Å². The third kappa shape index (κ3) is 7.29. The lowest BCUT2D eigenvalue weighted by atomic mass is 10.5. The van der Waals surface area contributed by atoms with E-state index in [0.717, 1.165) is 0 Å². The molecule has 0 rings (SSSR count). The Labute approximate surface area is 71.1 Å². The first-order valence-electron chi connectivity index (χ1n) is 3.36. The summed E-state index contributed by atoms with van der Waals surface area (Å²) >= 11 is 0. The van der Waals surface area contributed by atoms with E-state index in [1.807, 2.05) is 0 Å². The maximum absolute atomic E-state index is 10.5. The van der Waals surface area contributed by atoms with E-state index in [4.69, 9.17) is 4.55 Å². The third-order valence-corrected chi connectivity index (χ3v) is 1.90. The van der Waals surface area contributed by atoms with Crippen LogP contribution in [0.2, 0.25) is 0 Å². The molecule has 0 radical (unpaired) electrons. The summed E-state index contributed by atoms with van der Waals surface area (Å²) in [7, 11) is -2.44. The highest BCUT2D eigenvalue weighted by atomic mass is 32.2. The van der Waals surface area contributed by atoms with Crippen molar-refractivity contribution in [1.29, 1.82) is 0 Å². The van der Waals surface area contributed by atoms with E-state index < -0.39 is 10.1 Å². The Morgan fingerprint density at radius 1 is 1.50 bits per heavy atom. The van der Waals surface area contributed by atoms with Gasteiger partial charge in [-0.1, -0.05) is 0 Å². The summed E-state index contributed by atoms with van der Waals surface area (Å²) in [6.07, 6.45) is 0.201. The second kappa shape index (κ2) is 4.94. The van der Waals surface area contributed by atoms with Crippen molar-refractivity contribution in [2.24, 2.45) is 0 Å². The molecule has 0 heterocycles. The Morgan fingerprint density at radius 3 is 2.50 bits per heavy atom. The zero-order valence-corrected chi connectivity index (χ0v) is 7.52. The Balaban J connectivity index is 3.40. The van der Waals surface area contributed by atoms with E-state index in [2.05, 4.69) is 10.6 Å². The molecule has 0 aliphatic rings. The first-order chi connectivity index (χ1) is 5.45. The van der Waals surface area contributed by atoms with Gasteiger partial charge in [0, 0.05) is 13.6 Å². The molecule has 6 nitrogen and oxygen atoms in total. The molecule has 0 fully saturated rings. The van der Waals surface area contributed by atoms with Crippen LogP contribution in [-0.4, -0.2) is 38.3 Å². The standard InChI is InChI=1S/C5H12N2O4S/c1-6-5(8)7-3-2-4-12(9,10)11/h2-4H2,1H3,(H2,6,7,8)(H,9,10,11). The Bertz CT molecular complexity index is 236. The summed E-state index contributed by atoms with van der Waals surface area (Å²) in [4.78, 5) is 10.5. The largest absolute Gasteiger partial charge is 0.341 e. The lowest BCUT2D eigenvalue weighted by molar-refractivity contribution is 0.243. The Morgan fingerprint density at radius 2 is 2.08 bits per heavy atom. The molecular weight excluding hydrogens is 184 g/mol. The quantitative estimate of drug-likeness (QED) is 0.405. The molecular formula is C5H12N2O4S. The lowest BCUT2D eigenvalue weighted by Gasteiger charge is -2.01. The lowest BCUT2D eigenvalue weighted by Crippen LogP contribution is -2.33. The number of nitrogens with one attached hydrogen (secondary N) is 2. The maximum atomic E-state index is 10.5. The molecule has 0 aliphatic carbocycles. The van der Waals surface area contributed by atoms with Crippen LogP contribution in [0.15, 0.2) is 0 Å².